The molecule has 22 heavy (non-hydrogen) atoms. The maximum atomic E-state index is 11.9. The Bertz CT molecular complexity index is 696. The topological polar surface area (TPSA) is 96.0 Å². The molecule has 1 saturated heterocycles. The molecule has 1 spiro atoms. The summed E-state index contributed by atoms with van der Waals surface area (Å²) < 4.78 is 39.1. The largest absolute Gasteiger partial charge is 0.456 e. The molecule has 8 heteroatoms. The molecule has 120 valence electrons. The fourth-order valence-electron chi connectivity index (χ4n) is 4.52. The Balaban J connectivity index is 1.42. The van der Waals surface area contributed by atoms with Gasteiger partial charge in [-0.05, 0) is 25.7 Å². The van der Waals surface area contributed by atoms with Crippen LogP contribution in [0.1, 0.15) is 19.8 Å². The first-order chi connectivity index (χ1) is 10.3. The Morgan fingerprint density at radius 3 is 2.82 bits per heavy atom. The van der Waals surface area contributed by atoms with Crippen molar-refractivity contribution in [3.05, 3.63) is 12.2 Å². The molecule has 4 rings (SSSR count). The van der Waals surface area contributed by atoms with Crippen molar-refractivity contribution in [2.45, 2.75) is 37.2 Å². The quantitative estimate of drug-likeness (QED) is 0.412. The predicted molar refractivity (Wildman–Crippen MR) is 71.9 cm³/mol. The van der Waals surface area contributed by atoms with Gasteiger partial charge >= 0.3 is 11.9 Å². The lowest BCUT2D eigenvalue weighted by atomic mass is 9.65. The number of rotatable bonds is 4. The molecule has 0 aromatic carbocycles. The summed E-state index contributed by atoms with van der Waals surface area (Å²) in [6.07, 6.45) is 0.374. The van der Waals surface area contributed by atoms with Crippen molar-refractivity contribution in [3.8, 4) is 0 Å². The van der Waals surface area contributed by atoms with Crippen LogP contribution in [0.25, 0.3) is 0 Å². The van der Waals surface area contributed by atoms with Crippen molar-refractivity contribution in [2.75, 3.05) is 6.61 Å². The van der Waals surface area contributed by atoms with Gasteiger partial charge in [-0.2, -0.15) is 8.42 Å². The first-order valence-electron chi connectivity index (χ1n) is 7.21. The SMILES string of the molecule is C=C(C)C(=O)OCC(=O)OC1C2OS(=O)(=O)C3CC4C[C@@]41C23. The van der Waals surface area contributed by atoms with E-state index in [2.05, 4.69) is 6.58 Å². The Kier molecular flexibility index (Phi) is 2.65. The minimum atomic E-state index is -3.53. The molecular formula is C14H16O7S. The maximum absolute atomic E-state index is 11.9. The van der Waals surface area contributed by atoms with Crippen molar-refractivity contribution in [1.82, 2.24) is 0 Å². The van der Waals surface area contributed by atoms with Gasteiger partial charge < -0.3 is 9.47 Å². The Hall–Kier alpha value is -1.41. The molecule has 0 bridgehead atoms. The highest BCUT2D eigenvalue weighted by Crippen LogP contribution is 2.80. The summed E-state index contributed by atoms with van der Waals surface area (Å²) in [5.74, 6) is -1.09. The Morgan fingerprint density at radius 2 is 2.14 bits per heavy atom. The van der Waals surface area contributed by atoms with Gasteiger partial charge in [0.05, 0.1) is 5.25 Å². The van der Waals surface area contributed by atoms with Crippen LogP contribution in [0.4, 0.5) is 0 Å². The zero-order valence-corrected chi connectivity index (χ0v) is 12.8. The number of hydrogen-bond donors (Lipinski definition) is 0. The maximum Gasteiger partial charge on any atom is 0.344 e. The molecule has 0 N–H and O–H groups in total. The second-order valence-electron chi connectivity index (χ2n) is 6.63. The van der Waals surface area contributed by atoms with Crippen LogP contribution in [0.2, 0.25) is 0 Å². The number of carbonyl (C=O) groups is 2. The van der Waals surface area contributed by atoms with Crippen molar-refractivity contribution in [2.24, 2.45) is 17.3 Å². The number of esters is 2. The lowest BCUT2D eigenvalue weighted by Gasteiger charge is -2.45. The van der Waals surface area contributed by atoms with E-state index in [-0.39, 0.29) is 16.9 Å². The van der Waals surface area contributed by atoms with Crippen LogP contribution in [-0.4, -0.2) is 44.4 Å². The third kappa shape index (κ3) is 1.62. The summed E-state index contributed by atoms with van der Waals surface area (Å²) in [4.78, 5) is 23.1. The van der Waals surface area contributed by atoms with E-state index in [4.69, 9.17) is 13.7 Å². The molecular weight excluding hydrogens is 312 g/mol. The number of carbonyl (C=O) groups excluding carboxylic acids is 2. The summed E-state index contributed by atoms with van der Waals surface area (Å²) in [6.45, 7) is 4.39. The monoisotopic (exact) mass is 328 g/mol. The Labute approximate surface area is 127 Å². The van der Waals surface area contributed by atoms with Gasteiger partial charge in [0.15, 0.2) is 6.61 Å². The molecule has 1 heterocycles. The van der Waals surface area contributed by atoms with Crippen molar-refractivity contribution in [1.29, 1.82) is 0 Å². The van der Waals surface area contributed by atoms with Crippen LogP contribution in [0.3, 0.4) is 0 Å². The highest BCUT2D eigenvalue weighted by Gasteiger charge is 2.86. The zero-order valence-electron chi connectivity index (χ0n) is 12.0. The van der Waals surface area contributed by atoms with Crippen LogP contribution >= 0.6 is 0 Å². The second kappa shape index (κ2) is 4.11. The summed E-state index contributed by atoms with van der Waals surface area (Å²) >= 11 is 0. The van der Waals surface area contributed by atoms with Gasteiger partial charge in [0.2, 0.25) is 0 Å². The van der Waals surface area contributed by atoms with E-state index in [1.165, 1.54) is 6.92 Å². The zero-order chi connectivity index (χ0) is 15.9. The number of hydrogen-bond acceptors (Lipinski definition) is 7. The molecule has 5 unspecified atom stereocenters. The van der Waals surface area contributed by atoms with Crippen molar-refractivity contribution in [3.63, 3.8) is 0 Å². The van der Waals surface area contributed by atoms with E-state index in [0.717, 1.165) is 6.42 Å². The van der Waals surface area contributed by atoms with Gasteiger partial charge in [-0.1, -0.05) is 6.58 Å². The molecule has 7 nitrogen and oxygen atoms in total. The third-order valence-corrected chi connectivity index (χ3v) is 7.18. The van der Waals surface area contributed by atoms with E-state index in [9.17, 15) is 18.0 Å². The van der Waals surface area contributed by atoms with Gasteiger partial charge in [-0.3, -0.25) is 4.18 Å². The van der Waals surface area contributed by atoms with Gasteiger partial charge in [0.1, 0.15) is 12.2 Å². The highest BCUT2D eigenvalue weighted by molar-refractivity contribution is 7.87. The van der Waals surface area contributed by atoms with Crippen LogP contribution in [-0.2, 0) is 33.4 Å². The van der Waals surface area contributed by atoms with Crippen LogP contribution < -0.4 is 0 Å². The van der Waals surface area contributed by atoms with Crippen LogP contribution in [0.15, 0.2) is 12.2 Å². The van der Waals surface area contributed by atoms with E-state index in [1.54, 1.807) is 0 Å². The van der Waals surface area contributed by atoms with Gasteiger partial charge in [0, 0.05) is 16.9 Å². The molecule has 0 aromatic heterocycles. The predicted octanol–water partition coefficient (Wildman–Crippen LogP) is 0.155. The molecule has 1 aliphatic heterocycles. The number of ether oxygens (including phenoxy) is 2. The van der Waals surface area contributed by atoms with Crippen molar-refractivity contribution >= 4 is 22.1 Å². The average Bonchev–Trinajstić information content (AvgIpc) is 3.01. The lowest BCUT2D eigenvalue weighted by Crippen LogP contribution is -2.58. The fourth-order valence-corrected chi connectivity index (χ4v) is 6.43. The summed E-state index contributed by atoms with van der Waals surface area (Å²) in [5.41, 5.74) is -0.0198. The molecule has 3 saturated carbocycles. The minimum Gasteiger partial charge on any atom is -0.456 e. The summed E-state index contributed by atoms with van der Waals surface area (Å²) in [7, 11) is -3.53. The third-order valence-electron chi connectivity index (χ3n) is 5.46. The minimum absolute atomic E-state index is 0.0433. The summed E-state index contributed by atoms with van der Waals surface area (Å²) in [6, 6.07) is 0. The molecule has 0 amide bonds. The second-order valence-corrected chi connectivity index (χ2v) is 8.42. The lowest BCUT2D eigenvalue weighted by molar-refractivity contribution is -0.192. The first kappa shape index (κ1) is 14.2. The van der Waals surface area contributed by atoms with Crippen LogP contribution in [0.5, 0.6) is 0 Å². The fraction of sp³-hybridized carbons (Fsp3) is 0.714. The Morgan fingerprint density at radius 1 is 1.41 bits per heavy atom. The first-order valence-corrected chi connectivity index (χ1v) is 8.69. The van der Waals surface area contributed by atoms with E-state index < -0.39 is 46.1 Å². The molecule has 6 atom stereocenters. The van der Waals surface area contributed by atoms with Gasteiger partial charge in [0.25, 0.3) is 10.1 Å². The van der Waals surface area contributed by atoms with E-state index >= 15 is 0 Å². The van der Waals surface area contributed by atoms with Crippen LogP contribution in [0, 0.1) is 17.3 Å². The smallest absolute Gasteiger partial charge is 0.344 e. The molecule has 0 radical (unpaired) electrons. The summed E-state index contributed by atoms with van der Waals surface area (Å²) in [5, 5.41) is -0.438. The normalized spacial score (nSPS) is 45.2. The van der Waals surface area contributed by atoms with Gasteiger partial charge in [-0.15, -0.1) is 0 Å². The van der Waals surface area contributed by atoms with E-state index in [0.29, 0.717) is 12.3 Å². The van der Waals surface area contributed by atoms with E-state index in [1.807, 2.05) is 0 Å². The molecule has 0 aromatic rings. The molecule has 4 aliphatic rings. The molecule has 4 fully saturated rings. The van der Waals surface area contributed by atoms with Crippen molar-refractivity contribution < 1.29 is 31.7 Å². The van der Waals surface area contributed by atoms with Gasteiger partial charge in [-0.25, -0.2) is 9.59 Å². The molecule has 3 aliphatic carbocycles. The average molecular weight is 328 g/mol. The highest BCUT2D eigenvalue weighted by atomic mass is 32.2. The standard InChI is InChI=1S/C14H16O7S/c1-6(2)13(16)19-5-9(15)20-12-11-10-8(22(17,18)21-11)3-7-4-14(7,10)12/h7-8,10-12H,1,3-5H2,2H3/t7?,8?,10?,11?,12?,14-/m0/s1.